The molecule has 1 aromatic heterocycles. The van der Waals surface area contributed by atoms with Crippen LogP contribution in [0.15, 0.2) is 53.7 Å². The second kappa shape index (κ2) is 8.93. The maximum Gasteiger partial charge on any atom is 0.409 e. The molecular weight excluding hydrogens is 426 g/mol. The summed E-state index contributed by atoms with van der Waals surface area (Å²) in [7, 11) is -1.03. The predicted octanol–water partition coefficient (Wildman–Crippen LogP) is 2.04. The average molecular weight is 447 g/mol. The fourth-order valence-electron chi connectivity index (χ4n) is 2.83. The van der Waals surface area contributed by atoms with E-state index in [0.29, 0.717) is 17.1 Å². The number of sulfonamides is 1. The molecule has 0 fully saturated rings. The van der Waals surface area contributed by atoms with Crippen LogP contribution >= 0.6 is 0 Å². The lowest BCUT2D eigenvalue weighted by atomic mass is 10.2. The number of amides is 1. The minimum atomic E-state index is -4.03. The van der Waals surface area contributed by atoms with Gasteiger partial charge < -0.3 is 20.3 Å². The molecule has 0 bridgehead atoms. The summed E-state index contributed by atoms with van der Waals surface area (Å²) < 4.78 is 40.4. The highest BCUT2D eigenvalue weighted by molar-refractivity contribution is 7.89. The minimum absolute atomic E-state index is 0.0470. The van der Waals surface area contributed by atoms with Gasteiger partial charge in [-0.15, -0.1) is 0 Å². The standard InChI is InChI=1S/C19H21N5O6S/c1-29-15-5-3-12(17(8-15)30-2)9-22-31(27,28)18-7-13(20)4-6-16(18)24-11-14(10-21-24)23-19(25)26/h3-8,10-11,22-23H,9,20H2,1-2H3,(H,25,26). The number of benzene rings is 2. The van der Waals surface area contributed by atoms with Gasteiger partial charge in [0.2, 0.25) is 10.0 Å². The lowest BCUT2D eigenvalue weighted by Gasteiger charge is -2.14. The molecule has 164 valence electrons. The van der Waals surface area contributed by atoms with E-state index in [2.05, 4.69) is 15.1 Å². The molecule has 11 nitrogen and oxygen atoms in total. The monoisotopic (exact) mass is 447 g/mol. The highest BCUT2D eigenvalue weighted by Crippen LogP contribution is 2.27. The van der Waals surface area contributed by atoms with Crippen molar-refractivity contribution in [1.82, 2.24) is 14.5 Å². The Balaban J connectivity index is 1.92. The maximum atomic E-state index is 13.1. The summed E-state index contributed by atoms with van der Waals surface area (Å²) >= 11 is 0. The summed E-state index contributed by atoms with van der Waals surface area (Å²) in [4.78, 5) is 10.7. The molecule has 3 rings (SSSR count). The molecular formula is C19H21N5O6S. The number of nitrogens with two attached hydrogens (primary N) is 1. The summed E-state index contributed by atoms with van der Waals surface area (Å²) in [5.41, 5.74) is 7.03. The van der Waals surface area contributed by atoms with Crippen molar-refractivity contribution in [3.63, 3.8) is 0 Å². The third kappa shape index (κ3) is 5.05. The van der Waals surface area contributed by atoms with Crippen LogP contribution in [0.2, 0.25) is 0 Å². The van der Waals surface area contributed by atoms with Crippen molar-refractivity contribution >= 4 is 27.5 Å². The van der Waals surface area contributed by atoms with Crippen molar-refractivity contribution in [2.45, 2.75) is 11.4 Å². The minimum Gasteiger partial charge on any atom is -0.497 e. The van der Waals surface area contributed by atoms with Gasteiger partial charge in [-0.1, -0.05) is 6.07 Å². The third-order valence-corrected chi connectivity index (χ3v) is 5.73. The van der Waals surface area contributed by atoms with Gasteiger partial charge in [0.1, 0.15) is 16.4 Å². The first kappa shape index (κ1) is 21.9. The first-order valence-electron chi connectivity index (χ1n) is 8.88. The van der Waals surface area contributed by atoms with E-state index in [9.17, 15) is 13.2 Å². The van der Waals surface area contributed by atoms with Gasteiger partial charge in [0.25, 0.3) is 0 Å². The number of ether oxygens (including phenoxy) is 2. The normalized spacial score (nSPS) is 11.2. The van der Waals surface area contributed by atoms with Crippen LogP contribution in [-0.2, 0) is 16.6 Å². The molecule has 3 aromatic rings. The lowest BCUT2D eigenvalue weighted by Crippen LogP contribution is -2.25. The zero-order valence-electron chi connectivity index (χ0n) is 16.7. The van der Waals surface area contributed by atoms with Gasteiger partial charge in [0, 0.05) is 23.9 Å². The first-order valence-corrected chi connectivity index (χ1v) is 10.4. The molecule has 0 aliphatic rings. The van der Waals surface area contributed by atoms with Crippen LogP contribution in [0.5, 0.6) is 11.5 Å². The number of hydrogen-bond acceptors (Lipinski definition) is 7. The second-order valence-electron chi connectivity index (χ2n) is 6.33. The number of nitrogens with zero attached hydrogens (tertiary/aromatic N) is 2. The Kier molecular flexibility index (Phi) is 6.32. The third-order valence-electron chi connectivity index (χ3n) is 4.30. The largest absolute Gasteiger partial charge is 0.497 e. The van der Waals surface area contributed by atoms with E-state index in [1.165, 1.54) is 49.5 Å². The average Bonchev–Trinajstić information content (AvgIpc) is 3.19. The van der Waals surface area contributed by atoms with E-state index < -0.39 is 16.1 Å². The summed E-state index contributed by atoms with van der Waals surface area (Å²) in [5, 5.41) is 15.0. The molecule has 0 aliphatic heterocycles. The molecule has 0 aliphatic carbocycles. The molecule has 0 unspecified atom stereocenters. The molecule has 0 atom stereocenters. The Bertz CT molecular complexity index is 1210. The summed E-state index contributed by atoms with van der Waals surface area (Å²) in [5.74, 6) is 1.04. The summed E-state index contributed by atoms with van der Waals surface area (Å²) in [6.07, 6.45) is 1.35. The fourth-order valence-corrected chi connectivity index (χ4v) is 4.06. The number of nitrogen functional groups attached to an aromatic ring is 1. The molecule has 5 N–H and O–H groups in total. The number of carbonyl (C=O) groups is 1. The van der Waals surface area contributed by atoms with Crippen LogP contribution in [0, 0.1) is 0 Å². The molecule has 0 spiro atoms. The van der Waals surface area contributed by atoms with Gasteiger partial charge in [0.15, 0.2) is 0 Å². The Labute approximate surface area is 178 Å². The number of anilines is 2. The summed E-state index contributed by atoms with van der Waals surface area (Å²) in [6.45, 7) is -0.0470. The molecule has 12 heteroatoms. The van der Waals surface area contributed by atoms with Gasteiger partial charge in [-0.25, -0.2) is 22.6 Å². The number of carboxylic acid groups (broad SMARTS) is 1. The van der Waals surface area contributed by atoms with Gasteiger partial charge in [0.05, 0.1) is 38.0 Å². The highest BCUT2D eigenvalue weighted by atomic mass is 32.2. The number of rotatable bonds is 8. The van der Waals surface area contributed by atoms with E-state index in [0.717, 1.165) is 0 Å². The van der Waals surface area contributed by atoms with Gasteiger partial charge in [-0.2, -0.15) is 5.10 Å². The molecule has 1 heterocycles. The Morgan fingerprint density at radius 3 is 2.65 bits per heavy atom. The lowest BCUT2D eigenvalue weighted by molar-refractivity contribution is 0.209. The van der Waals surface area contributed by atoms with Crippen LogP contribution in [0.3, 0.4) is 0 Å². The molecule has 31 heavy (non-hydrogen) atoms. The van der Waals surface area contributed by atoms with E-state index in [4.69, 9.17) is 20.3 Å². The molecule has 0 radical (unpaired) electrons. The Hall–Kier alpha value is -3.77. The van der Waals surface area contributed by atoms with E-state index in [1.54, 1.807) is 18.2 Å². The number of hydrogen-bond donors (Lipinski definition) is 4. The molecule has 1 amide bonds. The Morgan fingerprint density at radius 2 is 1.97 bits per heavy atom. The second-order valence-corrected chi connectivity index (χ2v) is 8.07. The smallest absolute Gasteiger partial charge is 0.409 e. The molecule has 0 saturated carbocycles. The van der Waals surface area contributed by atoms with Crippen molar-refractivity contribution in [3.8, 4) is 17.2 Å². The van der Waals surface area contributed by atoms with Gasteiger partial charge in [-0.3, -0.25) is 5.32 Å². The van der Waals surface area contributed by atoms with Crippen LogP contribution < -0.4 is 25.2 Å². The fraction of sp³-hybridized carbons (Fsp3) is 0.158. The van der Waals surface area contributed by atoms with E-state index >= 15 is 0 Å². The van der Waals surface area contributed by atoms with Gasteiger partial charge in [-0.05, 0) is 24.3 Å². The van der Waals surface area contributed by atoms with Crippen molar-refractivity contribution in [1.29, 1.82) is 0 Å². The van der Waals surface area contributed by atoms with Crippen molar-refractivity contribution in [3.05, 3.63) is 54.4 Å². The highest BCUT2D eigenvalue weighted by Gasteiger charge is 2.21. The maximum absolute atomic E-state index is 13.1. The van der Waals surface area contributed by atoms with E-state index in [1.807, 2.05) is 0 Å². The topological polar surface area (TPSA) is 158 Å². The van der Waals surface area contributed by atoms with Crippen molar-refractivity contribution < 1.29 is 27.8 Å². The number of methoxy groups -OCH3 is 2. The zero-order valence-corrected chi connectivity index (χ0v) is 17.5. The van der Waals surface area contributed by atoms with Crippen LogP contribution in [0.25, 0.3) is 5.69 Å². The zero-order chi connectivity index (χ0) is 22.6. The first-order chi connectivity index (χ1) is 14.7. The quantitative estimate of drug-likeness (QED) is 0.382. The van der Waals surface area contributed by atoms with Gasteiger partial charge >= 0.3 is 6.09 Å². The van der Waals surface area contributed by atoms with Crippen LogP contribution in [0.4, 0.5) is 16.2 Å². The Morgan fingerprint density at radius 1 is 1.19 bits per heavy atom. The van der Waals surface area contributed by atoms with E-state index in [-0.39, 0.29) is 28.5 Å². The van der Waals surface area contributed by atoms with Crippen molar-refractivity contribution in [2.24, 2.45) is 0 Å². The molecule has 0 saturated heterocycles. The predicted molar refractivity (Wildman–Crippen MR) is 113 cm³/mol. The summed E-state index contributed by atoms with van der Waals surface area (Å²) in [6, 6.07) is 9.34. The molecule has 2 aromatic carbocycles. The van der Waals surface area contributed by atoms with Crippen molar-refractivity contribution in [2.75, 3.05) is 25.3 Å². The SMILES string of the molecule is COc1ccc(CNS(=O)(=O)c2cc(N)ccc2-n2cc(NC(=O)O)cn2)c(OC)c1. The van der Waals surface area contributed by atoms with Crippen LogP contribution in [0.1, 0.15) is 5.56 Å². The van der Waals surface area contributed by atoms with Crippen LogP contribution in [-0.4, -0.2) is 43.6 Å². The number of nitrogens with one attached hydrogen (secondary N) is 2. The number of aromatic nitrogens is 2.